The van der Waals surface area contributed by atoms with E-state index in [1.807, 2.05) is 5.01 Å². The van der Waals surface area contributed by atoms with Crippen LogP contribution in [0.2, 0.25) is 5.02 Å². The number of hydrogen-bond acceptors (Lipinski definition) is 4. The number of nitrogens with one attached hydrogen (secondary N) is 1. The molecule has 1 amide bonds. The van der Waals surface area contributed by atoms with Crippen LogP contribution in [0.4, 0.5) is 5.69 Å². The lowest BCUT2D eigenvalue weighted by molar-refractivity contribution is 0.0709. The van der Waals surface area contributed by atoms with Crippen LogP contribution in [0.3, 0.4) is 0 Å². The van der Waals surface area contributed by atoms with Crippen molar-refractivity contribution in [3.8, 4) is 5.75 Å². The predicted octanol–water partition coefficient (Wildman–Crippen LogP) is 2.31. The van der Waals surface area contributed by atoms with Crippen LogP contribution in [-0.2, 0) is 0 Å². The summed E-state index contributed by atoms with van der Waals surface area (Å²) in [5.74, 6) is 0.914. The summed E-state index contributed by atoms with van der Waals surface area (Å²) in [5, 5.41) is 2.29. The first-order valence-corrected chi connectivity index (χ1v) is 7.08. The first-order valence-electron chi connectivity index (χ1n) is 6.70. The molecule has 1 heterocycles. The van der Waals surface area contributed by atoms with Gasteiger partial charge in [-0.05, 0) is 24.8 Å². The standard InChI is InChI=1S/C14H20ClN3O2/c1-9-3-5-18(6-4-9)17-14(19)10-7-11(15)12(16)8-13(10)20-2/h7-9H,3-6,16H2,1-2H3,(H,17,19). The quantitative estimate of drug-likeness (QED) is 0.840. The van der Waals surface area contributed by atoms with Gasteiger partial charge in [-0.2, -0.15) is 0 Å². The predicted molar refractivity (Wildman–Crippen MR) is 79.9 cm³/mol. The molecule has 1 fully saturated rings. The number of nitrogens with zero attached hydrogens (tertiary/aromatic N) is 1. The molecule has 1 saturated heterocycles. The number of methoxy groups -OCH3 is 1. The molecule has 0 bridgehead atoms. The Hall–Kier alpha value is -1.46. The molecule has 1 aliphatic rings. The van der Waals surface area contributed by atoms with Gasteiger partial charge in [-0.15, -0.1) is 0 Å². The molecule has 3 N–H and O–H groups in total. The number of anilines is 1. The summed E-state index contributed by atoms with van der Waals surface area (Å²) < 4.78 is 5.19. The third kappa shape index (κ3) is 3.35. The van der Waals surface area contributed by atoms with Crippen LogP contribution in [0.5, 0.6) is 5.75 Å². The number of halogens is 1. The van der Waals surface area contributed by atoms with E-state index < -0.39 is 0 Å². The average molecular weight is 298 g/mol. The normalized spacial score (nSPS) is 16.9. The van der Waals surface area contributed by atoms with Gasteiger partial charge < -0.3 is 10.5 Å². The maximum Gasteiger partial charge on any atom is 0.269 e. The molecule has 6 heteroatoms. The van der Waals surface area contributed by atoms with E-state index in [2.05, 4.69) is 12.3 Å². The fourth-order valence-electron chi connectivity index (χ4n) is 2.24. The average Bonchev–Trinajstić information content (AvgIpc) is 2.43. The van der Waals surface area contributed by atoms with E-state index in [-0.39, 0.29) is 5.91 Å². The fourth-order valence-corrected chi connectivity index (χ4v) is 2.40. The first kappa shape index (κ1) is 14.9. The Morgan fingerprint density at radius 3 is 2.70 bits per heavy atom. The van der Waals surface area contributed by atoms with E-state index in [0.29, 0.717) is 27.9 Å². The van der Waals surface area contributed by atoms with E-state index >= 15 is 0 Å². The van der Waals surface area contributed by atoms with Crippen molar-refractivity contribution in [2.24, 2.45) is 5.92 Å². The monoisotopic (exact) mass is 297 g/mol. The molecule has 0 radical (unpaired) electrons. The SMILES string of the molecule is COc1cc(N)c(Cl)cc1C(=O)NN1CCC(C)CC1. The number of nitrogen functional groups attached to an aromatic ring is 1. The van der Waals surface area contributed by atoms with Crippen LogP contribution < -0.4 is 15.9 Å². The molecule has 0 saturated carbocycles. The van der Waals surface area contributed by atoms with Gasteiger partial charge in [0, 0.05) is 19.2 Å². The van der Waals surface area contributed by atoms with Gasteiger partial charge in [-0.3, -0.25) is 10.2 Å². The van der Waals surface area contributed by atoms with Crippen molar-refractivity contribution in [1.82, 2.24) is 10.4 Å². The Bertz CT molecular complexity index is 499. The Kier molecular flexibility index (Phi) is 4.73. The maximum absolute atomic E-state index is 12.3. The van der Waals surface area contributed by atoms with Gasteiger partial charge in [0.2, 0.25) is 0 Å². The molecular formula is C14H20ClN3O2. The molecule has 2 rings (SSSR count). The maximum atomic E-state index is 12.3. The van der Waals surface area contributed by atoms with Crippen molar-refractivity contribution in [3.63, 3.8) is 0 Å². The van der Waals surface area contributed by atoms with Gasteiger partial charge in [-0.25, -0.2) is 5.01 Å². The summed E-state index contributed by atoms with van der Waals surface area (Å²) in [6, 6.07) is 3.10. The van der Waals surface area contributed by atoms with E-state index in [4.69, 9.17) is 22.1 Å². The zero-order chi connectivity index (χ0) is 14.7. The first-order chi connectivity index (χ1) is 9.51. The molecule has 0 aromatic heterocycles. The number of piperidine rings is 1. The number of ether oxygens (including phenoxy) is 1. The molecule has 0 atom stereocenters. The van der Waals surface area contributed by atoms with E-state index in [1.54, 1.807) is 6.07 Å². The topological polar surface area (TPSA) is 67.6 Å². The van der Waals surface area contributed by atoms with Crippen LogP contribution in [0.15, 0.2) is 12.1 Å². The minimum atomic E-state index is -0.224. The van der Waals surface area contributed by atoms with E-state index in [1.165, 1.54) is 13.2 Å². The van der Waals surface area contributed by atoms with Crippen LogP contribution in [-0.4, -0.2) is 31.1 Å². The van der Waals surface area contributed by atoms with Gasteiger partial charge >= 0.3 is 0 Å². The minimum absolute atomic E-state index is 0.224. The zero-order valence-electron chi connectivity index (χ0n) is 11.8. The van der Waals surface area contributed by atoms with E-state index in [0.717, 1.165) is 25.9 Å². The van der Waals surface area contributed by atoms with E-state index in [9.17, 15) is 4.79 Å². The van der Waals surface area contributed by atoms with Crippen LogP contribution in [0, 0.1) is 5.92 Å². The third-order valence-corrected chi connectivity index (χ3v) is 3.93. The molecular weight excluding hydrogens is 278 g/mol. The highest BCUT2D eigenvalue weighted by molar-refractivity contribution is 6.33. The molecule has 0 aliphatic carbocycles. The summed E-state index contributed by atoms with van der Waals surface area (Å²) in [4.78, 5) is 12.3. The number of hydrazine groups is 1. The molecule has 0 spiro atoms. The second-order valence-corrected chi connectivity index (χ2v) is 5.59. The lowest BCUT2D eigenvalue weighted by Gasteiger charge is -2.30. The zero-order valence-corrected chi connectivity index (χ0v) is 12.5. The summed E-state index contributed by atoms with van der Waals surface area (Å²) in [6.45, 7) is 3.94. The highest BCUT2D eigenvalue weighted by atomic mass is 35.5. The number of carbonyl (C=O) groups excluding carboxylic acids is 1. The van der Waals surface area contributed by atoms with Crippen molar-refractivity contribution >= 4 is 23.2 Å². The highest BCUT2D eigenvalue weighted by Gasteiger charge is 2.20. The second kappa shape index (κ2) is 6.33. The van der Waals surface area contributed by atoms with Crippen molar-refractivity contribution in [3.05, 3.63) is 22.7 Å². The number of nitrogens with two attached hydrogens (primary N) is 1. The van der Waals surface area contributed by atoms with Crippen LogP contribution in [0.25, 0.3) is 0 Å². The summed E-state index contributed by atoms with van der Waals surface area (Å²) in [6.07, 6.45) is 2.17. The summed E-state index contributed by atoms with van der Waals surface area (Å²) >= 11 is 5.97. The summed E-state index contributed by atoms with van der Waals surface area (Å²) in [7, 11) is 1.50. The Balaban J connectivity index is 2.11. The van der Waals surface area contributed by atoms with Crippen molar-refractivity contribution in [1.29, 1.82) is 0 Å². The minimum Gasteiger partial charge on any atom is -0.496 e. The van der Waals surface area contributed by atoms with Gasteiger partial charge in [0.15, 0.2) is 0 Å². The van der Waals surface area contributed by atoms with Gasteiger partial charge in [0.25, 0.3) is 5.91 Å². The molecule has 5 nitrogen and oxygen atoms in total. The number of amides is 1. The fraction of sp³-hybridized carbons (Fsp3) is 0.500. The molecule has 0 unspecified atom stereocenters. The third-order valence-electron chi connectivity index (χ3n) is 3.61. The van der Waals surface area contributed by atoms with Crippen molar-refractivity contribution in [2.75, 3.05) is 25.9 Å². The molecule has 1 aromatic rings. The molecule has 20 heavy (non-hydrogen) atoms. The van der Waals surface area contributed by atoms with Crippen LogP contribution >= 0.6 is 11.6 Å². The Morgan fingerprint density at radius 1 is 1.45 bits per heavy atom. The lowest BCUT2D eigenvalue weighted by Crippen LogP contribution is -2.46. The molecule has 1 aromatic carbocycles. The second-order valence-electron chi connectivity index (χ2n) is 5.18. The Morgan fingerprint density at radius 2 is 2.10 bits per heavy atom. The van der Waals surface area contributed by atoms with Crippen molar-refractivity contribution < 1.29 is 9.53 Å². The smallest absolute Gasteiger partial charge is 0.269 e. The lowest BCUT2D eigenvalue weighted by atomic mass is 10.0. The highest BCUT2D eigenvalue weighted by Crippen LogP contribution is 2.29. The Labute approximate surface area is 124 Å². The van der Waals surface area contributed by atoms with Crippen LogP contribution in [0.1, 0.15) is 30.1 Å². The molecule has 110 valence electrons. The largest absolute Gasteiger partial charge is 0.496 e. The van der Waals surface area contributed by atoms with Gasteiger partial charge in [0.05, 0.1) is 23.4 Å². The summed E-state index contributed by atoms with van der Waals surface area (Å²) in [5.41, 5.74) is 9.39. The number of carbonyl (C=O) groups is 1. The van der Waals surface area contributed by atoms with Crippen molar-refractivity contribution in [2.45, 2.75) is 19.8 Å². The van der Waals surface area contributed by atoms with Gasteiger partial charge in [0.1, 0.15) is 5.75 Å². The molecule has 1 aliphatic heterocycles. The van der Waals surface area contributed by atoms with Gasteiger partial charge in [-0.1, -0.05) is 18.5 Å². The number of hydrogen-bond donors (Lipinski definition) is 2. The number of rotatable bonds is 3. The number of benzene rings is 1.